The molecule has 0 unspecified atom stereocenters. The van der Waals surface area contributed by atoms with E-state index in [1.54, 1.807) is 12.3 Å². The van der Waals surface area contributed by atoms with Gasteiger partial charge in [-0.1, -0.05) is 13.8 Å². The molecule has 0 atom stereocenters. The molecular formula is C13H17N3O. The fourth-order valence-corrected chi connectivity index (χ4v) is 1.77. The molecule has 2 rings (SSSR count). The minimum Gasteiger partial charge on any atom is -0.392 e. The lowest BCUT2D eigenvalue weighted by molar-refractivity contribution is 0.281. The fourth-order valence-electron chi connectivity index (χ4n) is 1.77. The van der Waals surface area contributed by atoms with E-state index in [1.165, 1.54) is 0 Å². The van der Waals surface area contributed by atoms with Crippen LogP contribution >= 0.6 is 0 Å². The second-order valence-electron chi connectivity index (χ2n) is 3.93. The van der Waals surface area contributed by atoms with Crippen LogP contribution in [0.2, 0.25) is 0 Å². The highest BCUT2D eigenvalue weighted by Crippen LogP contribution is 2.13. The van der Waals surface area contributed by atoms with E-state index in [2.05, 4.69) is 30.0 Å². The van der Waals surface area contributed by atoms with Crippen molar-refractivity contribution in [2.45, 2.75) is 33.3 Å². The number of pyridine rings is 1. The van der Waals surface area contributed by atoms with Crippen LogP contribution in [-0.4, -0.2) is 19.9 Å². The van der Waals surface area contributed by atoms with Crippen LogP contribution in [0.25, 0.3) is 5.82 Å². The first-order chi connectivity index (χ1) is 8.28. The van der Waals surface area contributed by atoms with Gasteiger partial charge in [0.2, 0.25) is 0 Å². The van der Waals surface area contributed by atoms with Crippen LogP contribution in [-0.2, 0) is 19.4 Å². The van der Waals surface area contributed by atoms with Gasteiger partial charge >= 0.3 is 0 Å². The highest BCUT2D eigenvalue weighted by Gasteiger charge is 2.08. The summed E-state index contributed by atoms with van der Waals surface area (Å²) in [4.78, 5) is 4.30. The van der Waals surface area contributed by atoms with Gasteiger partial charge in [-0.2, -0.15) is 5.10 Å². The first kappa shape index (κ1) is 11.8. The number of nitrogens with zero attached hydrogens (tertiary/aromatic N) is 3. The smallest absolute Gasteiger partial charge is 0.153 e. The Morgan fingerprint density at radius 1 is 1.24 bits per heavy atom. The Hall–Kier alpha value is -1.68. The summed E-state index contributed by atoms with van der Waals surface area (Å²) in [6, 6.07) is 5.78. The summed E-state index contributed by atoms with van der Waals surface area (Å²) in [5, 5.41) is 13.6. The SMILES string of the molecule is CCc1cc(CC)n(-c2cc(CO)ccn2)n1. The van der Waals surface area contributed by atoms with Gasteiger partial charge in [0, 0.05) is 11.9 Å². The summed E-state index contributed by atoms with van der Waals surface area (Å²) in [6.07, 6.45) is 3.53. The standard InChI is InChI=1S/C13H17N3O/c1-3-11-8-12(4-2)16(15-11)13-7-10(9-17)5-6-14-13/h5-8,17H,3-4,9H2,1-2H3. The van der Waals surface area contributed by atoms with Crippen molar-refractivity contribution in [3.05, 3.63) is 41.3 Å². The number of hydrogen-bond donors (Lipinski definition) is 1. The van der Waals surface area contributed by atoms with Crippen molar-refractivity contribution in [3.63, 3.8) is 0 Å². The molecule has 2 heterocycles. The molecule has 0 aliphatic rings. The summed E-state index contributed by atoms with van der Waals surface area (Å²) >= 11 is 0. The first-order valence-corrected chi connectivity index (χ1v) is 5.92. The van der Waals surface area contributed by atoms with E-state index in [0.29, 0.717) is 0 Å². The fraction of sp³-hybridized carbons (Fsp3) is 0.385. The van der Waals surface area contributed by atoms with Crippen LogP contribution in [0.4, 0.5) is 0 Å². The molecule has 0 spiro atoms. The van der Waals surface area contributed by atoms with Gasteiger partial charge in [0.1, 0.15) is 0 Å². The Kier molecular flexibility index (Phi) is 3.54. The molecule has 0 amide bonds. The van der Waals surface area contributed by atoms with Gasteiger partial charge in [-0.15, -0.1) is 0 Å². The van der Waals surface area contributed by atoms with Gasteiger partial charge in [-0.05, 0) is 36.6 Å². The maximum absolute atomic E-state index is 9.13. The third kappa shape index (κ3) is 2.36. The molecule has 0 fully saturated rings. The van der Waals surface area contributed by atoms with Gasteiger partial charge < -0.3 is 5.11 Å². The van der Waals surface area contributed by atoms with Crippen molar-refractivity contribution in [2.75, 3.05) is 0 Å². The second kappa shape index (κ2) is 5.10. The van der Waals surface area contributed by atoms with Crippen LogP contribution in [0.5, 0.6) is 0 Å². The number of aryl methyl sites for hydroxylation is 2. The monoisotopic (exact) mass is 231 g/mol. The Balaban J connectivity index is 2.47. The van der Waals surface area contributed by atoms with E-state index in [0.717, 1.165) is 35.6 Å². The second-order valence-corrected chi connectivity index (χ2v) is 3.93. The summed E-state index contributed by atoms with van der Waals surface area (Å²) in [5.74, 6) is 0.771. The van der Waals surface area contributed by atoms with Crippen LogP contribution < -0.4 is 0 Å². The molecule has 2 aromatic rings. The lowest BCUT2D eigenvalue weighted by Gasteiger charge is -2.05. The average Bonchev–Trinajstić information content (AvgIpc) is 2.82. The lowest BCUT2D eigenvalue weighted by atomic mass is 10.2. The lowest BCUT2D eigenvalue weighted by Crippen LogP contribution is -2.04. The van der Waals surface area contributed by atoms with Gasteiger partial charge in [0.25, 0.3) is 0 Å². The topological polar surface area (TPSA) is 50.9 Å². The molecule has 0 bridgehead atoms. The average molecular weight is 231 g/mol. The van der Waals surface area contributed by atoms with Crippen molar-refractivity contribution < 1.29 is 5.11 Å². The predicted molar refractivity (Wildman–Crippen MR) is 66.0 cm³/mol. The Morgan fingerprint density at radius 3 is 2.71 bits per heavy atom. The molecule has 4 nitrogen and oxygen atoms in total. The van der Waals surface area contributed by atoms with E-state index in [4.69, 9.17) is 5.11 Å². The van der Waals surface area contributed by atoms with Gasteiger partial charge in [-0.3, -0.25) is 0 Å². The molecule has 2 aromatic heterocycles. The number of aliphatic hydroxyl groups excluding tert-OH is 1. The largest absolute Gasteiger partial charge is 0.392 e. The predicted octanol–water partition coefficient (Wildman–Crippen LogP) is 1.88. The van der Waals surface area contributed by atoms with Gasteiger partial charge in [0.05, 0.1) is 12.3 Å². The van der Waals surface area contributed by atoms with E-state index >= 15 is 0 Å². The molecule has 0 radical (unpaired) electrons. The van der Waals surface area contributed by atoms with Gasteiger partial charge in [-0.25, -0.2) is 9.67 Å². The van der Waals surface area contributed by atoms with E-state index < -0.39 is 0 Å². The zero-order valence-electron chi connectivity index (χ0n) is 10.2. The number of aromatic nitrogens is 3. The summed E-state index contributed by atoms with van der Waals surface area (Å²) < 4.78 is 1.86. The molecule has 4 heteroatoms. The van der Waals surface area contributed by atoms with Crippen molar-refractivity contribution >= 4 is 0 Å². The van der Waals surface area contributed by atoms with Crippen molar-refractivity contribution in [1.82, 2.24) is 14.8 Å². The minimum atomic E-state index is 0.0267. The molecule has 0 saturated heterocycles. The zero-order chi connectivity index (χ0) is 12.3. The molecule has 0 aliphatic heterocycles. The molecule has 0 aliphatic carbocycles. The maximum atomic E-state index is 9.13. The molecule has 90 valence electrons. The zero-order valence-corrected chi connectivity index (χ0v) is 10.2. The highest BCUT2D eigenvalue weighted by molar-refractivity contribution is 5.30. The number of rotatable bonds is 4. The maximum Gasteiger partial charge on any atom is 0.153 e. The van der Waals surface area contributed by atoms with E-state index in [1.807, 2.05) is 10.7 Å². The Morgan fingerprint density at radius 2 is 2.06 bits per heavy atom. The highest BCUT2D eigenvalue weighted by atomic mass is 16.3. The molecule has 1 N–H and O–H groups in total. The van der Waals surface area contributed by atoms with Crippen LogP contribution in [0, 0.1) is 0 Å². The molecule has 17 heavy (non-hydrogen) atoms. The normalized spacial score (nSPS) is 10.8. The van der Waals surface area contributed by atoms with Crippen LogP contribution in [0.15, 0.2) is 24.4 Å². The Bertz CT molecular complexity index is 505. The summed E-state index contributed by atoms with van der Waals surface area (Å²) in [7, 11) is 0. The Labute approximate surface area is 101 Å². The molecule has 0 saturated carbocycles. The first-order valence-electron chi connectivity index (χ1n) is 5.92. The number of hydrogen-bond acceptors (Lipinski definition) is 3. The molecule has 0 aromatic carbocycles. The van der Waals surface area contributed by atoms with Gasteiger partial charge in [0.15, 0.2) is 5.82 Å². The van der Waals surface area contributed by atoms with Crippen LogP contribution in [0.3, 0.4) is 0 Å². The van der Waals surface area contributed by atoms with E-state index in [-0.39, 0.29) is 6.61 Å². The van der Waals surface area contributed by atoms with Crippen LogP contribution in [0.1, 0.15) is 30.8 Å². The van der Waals surface area contributed by atoms with Crippen molar-refractivity contribution in [2.24, 2.45) is 0 Å². The van der Waals surface area contributed by atoms with Crippen molar-refractivity contribution in [1.29, 1.82) is 0 Å². The number of aliphatic hydroxyl groups is 1. The summed E-state index contributed by atoms with van der Waals surface area (Å²) in [6.45, 7) is 4.21. The van der Waals surface area contributed by atoms with E-state index in [9.17, 15) is 0 Å². The molecular weight excluding hydrogens is 214 g/mol. The quantitative estimate of drug-likeness (QED) is 0.874. The third-order valence-electron chi connectivity index (χ3n) is 2.77. The summed E-state index contributed by atoms with van der Waals surface area (Å²) in [5.41, 5.74) is 3.06. The van der Waals surface area contributed by atoms with Crippen molar-refractivity contribution in [3.8, 4) is 5.82 Å². The minimum absolute atomic E-state index is 0.0267. The third-order valence-corrected chi connectivity index (χ3v) is 2.77.